The summed E-state index contributed by atoms with van der Waals surface area (Å²) in [5.41, 5.74) is 8.51. The molecule has 0 bridgehead atoms. The van der Waals surface area contributed by atoms with Crippen LogP contribution in [0.4, 0.5) is 23.0 Å². The lowest BCUT2D eigenvalue weighted by atomic mass is 9.96. The van der Waals surface area contributed by atoms with Crippen LogP contribution in [0.2, 0.25) is 5.02 Å². The molecule has 9 heterocycles. The van der Waals surface area contributed by atoms with E-state index in [1.54, 1.807) is 32.1 Å². The maximum atomic E-state index is 14.9. The Balaban J connectivity index is 0.710. The number of anilines is 4. The number of amides is 2. The van der Waals surface area contributed by atoms with Crippen molar-refractivity contribution in [3.63, 3.8) is 0 Å². The van der Waals surface area contributed by atoms with Crippen LogP contribution in [0.1, 0.15) is 129 Å². The van der Waals surface area contributed by atoms with Gasteiger partial charge >= 0.3 is 0 Å². The van der Waals surface area contributed by atoms with Gasteiger partial charge in [-0.25, -0.2) is 35.8 Å². The molecule has 0 radical (unpaired) electrons. The van der Waals surface area contributed by atoms with E-state index >= 15 is 0 Å². The van der Waals surface area contributed by atoms with Crippen molar-refractivity contribution in [1.29, 1.82) is 0 Å². The van der Waals surface area contributed by atoms with E-state index in [0.29, 0.717) is 66.8 Å². The monoisotopic (exact) mass is 1180 g/mol. The van der Waals surface area contributed by atoms with Crippen molar-refractivity contribution >= 4 is 77.8 Å². The number of nitrogens with one attached hydrogen (secondary N) is 2. The van der Waals surface area contributed by atoms with Crippen molar-refractivity contribution in [3.8, 4) is 5.75 Å². The zero-order valence-electron chi connectivity index (χ0n) is 46.8. The molecular weight excluding hydrogens is 1110 g/mol. The minimum atomic E-state index is -3.72. The van der Waals surface area contributed by atoms with E-state index in [4.69, 9.17) is 36.5 Å². The Bertz CT molecular complexity index is 4010. The van der Waals surface area contributed by atoms with Crippen LogP contribution < -0.4 is 24.0 Å². The lowest BCUT2D eigenvalue weighted by Crippen LogP contribution is -2.39. The third-order valence-electron chi connectivity index (χ3n) is 16.2. The molecule has 4 fully saturated rings. The summed E-state index contributed by atoms with van der Waals surface area (Å²) in [5.74, 6) is 2.20. The Hall–Kier alpha value is -7.82. The van der Waals surface area contributed by atoms with Gasteiger partial charge in [0.2, 0.25) is 20.0 Å². The molecule has 0 aliphatic carbocycles. The molecule has 12 rings (SSSR count). The summed E-state index contributed by atoms with van der Waals surface area (Å²) in [5, 5.41) is 10.2. The Kier molecular flexibility index (Phi) is 15.3. The molecule has 0 spiro atoms. The minimum Gasteiger partial charge on any atom is -0.489 e. The van der Waals surface area contributed by atoms with Gasteiger partial charge in [0.15, 0.2) is 11.3 Å². The second-order valence-corrected chi connectivity index (χ2v) is 26.5. The van der Waals surface area contributed by atoms with Crippen molar-refractivity contribution in [2.45, 2.75) is 95.7 Å². The molecule has 4 aliphatic rings. The summed E-state index contributed by atoms with van der Waals surface area (Å²) in [4.78, 5) is 52.0. The number of pyridine rings is 1. The van der Waals surface area contributed by atoms with E-state index in [-0.39, 0.29) is 52.5 Å². The fourth-order valence-electron chi connectivity index (χ4n) is 12.4. The lowest BCUT2D eigenvalue weighted by Gasteiger charge is -2.35. The topological polar surface area (TPSA) is 222 Å². The number of likely N-dealkylation sites (tertiary alicyclic amines) is 2. The standard InChI is InChI=1S/C60H66ClN13O7S2/c1-38-34-73-55(63-57(38)69-27-22-42(36-69)48-11-5-8-24-62-48)32-51(65-73)53-12-6-9-25-71(53)59(75)46-30-41(16-20-49(46)67-82(3,77)78)29-40-14-18-44(19-15-40)81-45-23-28-70(37-45)58-39(2)35-74-56(64-58)33-52(66-74)54-13-7-10-26-72(54)60(76)47-31-43(61)17-21-50(47)68-83(4,79)80/h5,8,11,14-21,24,30-35,42,45,53-54,67-68H,6-7,9-10,12-13,22-23,25-29,36-37H2,1-4H3/t42?,45?,53-,54-/m0/s1. The van der Waals surface area contributed by atoms with Crippen molar-refractivity contribution in [3.05, 3.63) is 165 Å². The van der Waals surface area contributed by atoms with Gasteiger partial charge in [-0.15, -0.1) is 0 Å². The molecule has 3 aromatic carbocycles. The molecule has 5 aromatic heterocycles. The minimum absolute atomic E-state index is 0.101. The molecule has 432 valence electrons. The second-order valence-electron chi connectivity index (χ2n) is 22.6. The third-order valence-corrected chi connectivity index (χ3v) is 17.7. The number of hydrogen-bond acceptors (Lipinski definition) is 14. The molecule has 23 heteroatoms. The highest BCUT2D eigenvalue weighted by atomic mass is 35.5. The number of ether oxygens (including phenoxy) is 1. The van der Waals surface area contributed by atoms with E-state index in [1.165, 1.54) is 12.1 Å². The van der Waals surface area contributed by atoms with Gasteiger partial charge in [0.1, 0.15) is 23.5 Å². The molecule has 4 atom stereocenters. The van der Waals surface area contributed by atoms with Crippen LogP contribution in [-0.4, -0.2) is 131 Å². The van der Waals surface area contributed by atoms with Gasteiger partial charge in [-0.1, -0.05) is 35.9 Å². The molecule has 4 aliphatic heterocycles. The van der Waals surface area contributed by atoms with E-state index < -0.39 is 20.0 Å². The van der Waals surface area contributed by atoms with E-state index in [0.717, 1.165) is 122 Å². The van der Waals surface area contributed by atoms with E-state index in [2.05, 4.69) is 37.2 Å². The number of piperidine rings is 2. The van der Waals surface area contributed by atoms with Crippen LogP contribution in [-0.2, 0) is 26.5 Å². The van der Waals surface area contributed by atoms with Crippen LogP contribution >= 0.6 is 11.6 Å². The highest BCUT2D eigenvalue weighted by Crippen LogP contribution is 2.38. The van der Waals surface area contributed by atoms with Gasteiger partial charge < -0.3 is 24.3 Å². The number of fused-ring (bicyclic) bond motifs is 2. The average Bonchev–Trinajstić information content (AvgIpc) is 3.90. The van der Waals surface area contributed by atoms with Gasteiger partial charge in [-0.2, -0.15) is 10.2 Å². The number of hydrogen-bond donors (Lipinski definition) is 2. The molecule has 4 saturated heterocycles. The summed E-state index contributed by atoms with van der Waals surface area (Å²) < 4.78 is 65.0. The van der Waals surface area contributed by atoms with Crippen LogP contribution in [0.5, 0.6) is 5.75 Å². The fraction of sp³-hybridized carbons (Fsp3) is 0.383. The van der Waals surface area contributed by atoms with Gasteiger partial charge in [0.05, 0.1) is 65.0 Å². The lowest BCUT2D eigenvalue weighted by molar-refractivity contribution is 0.0600. The summed E-state index contributed by atoms with van der Waals surface area (Å²) >= 11 is 6.32. The second kappa shape index (κ2) is 22.7. The maximum absolute atomic E-state index is 14.9. The number of carbonyl (C=O) groups is 2. The van der Waals surface area contributed by atoms with Crippen molar-refractivity contribution < 1.29 is 31.2 Å². The fourth-order valence-corrected chi connectivity index (χ4v) is 13.7. The quantitative estimate of drug-likeness (QED) is 0.0977. The first-order valence-corrected chi connectivity index (χ1v) is 32.4. The number of rotatable bonds is 15. The summed E-state index contributed by atoms with van der Waals surface area (Å²) in [6, 6.07) is 27.1. The van der Waals surface area contributed by atoms with E-state index in [1.807, 2.05) is 85.0 Å². The molecular formula is C60H66ClN13O7S2. The van der Waals surface area contributed by atoms with Crippen molar-refractivity contribution in [2.24, 2.45) is 0 Å². The Morgan fingerprint density at radius 2 is 1.17 bits per heavy atom. The van der Waals surface area contributed by atoms with E-state index in [9.17, 15) is 26.4 Å². The van der Waals surface area contributed by atoms with Crippen LogP contribution in [0.3, 0.4) is 0 Å². The van der Waals surface area contributed by atoms with Crippen LogP contribution in [0.15, 0.2) is 110 Å². The number of sulfonamides is 2. The maximum Gasteiger partial charge on any atom is 0.256 e. The zero-order valence-corrected chi connectivity index (χ0v) is 49.2. The van der Waals surface area contributed by atoms with Gasteiger partial charge in [0, 0.05) is 97.6 Å². The average molecular weight is 1180 g/mol. The smallest absolute Gasteiger partial charge is 0.256 e. The Morgan fingerprint density at radius 3 is 1.75 bits per heavy atom. The number of aryl methyl sites for hydroxylation is 2. The molecule has 8 aromatic rings. The molecule has 2 N–H and O–H groups in total. The Morgan fingerprint density at radius 1 is 0.614 bits per heavy atom. The molecule has 20 nitrogen and oxygen atoms in total. The first-order chi connectivity index (χ1) is 39.9. The van der Waals surface area contributed by atoms with Gasteiger partial charge in [-0.3, -0.25) is 24.0 Å². The summed E-state index contributed by atoms with van der Waals surface area (Å²) in [6.07, 6.45) is 14.9. The molecule has 83 heavy (non-hydrogen) atoms. The van der Waals surface area contributed by atoms with Crippen LogP contribution in [0.25, 0.3) is 11.3 Å². The number of halogens is 1. The first kappa shape index (κ1) is 55.7. The predicted molar refractivity (Wildman–Crippen MR) is 320 cm³/mol. The number of aromatic nitrogens is 7. The number of nitrogens with zero attached hydrogens (tertiary/aromatic N) is 11. The van der Waals surface area contributed by atoms with Crippen molar-refractivity contribution in [1.82, 2.24) is 44.0 Å². The predicted octanol–water partition coefficient (Wildman–Crippen LogP) is 9.16. The molecule has 2 unspecified atom stereocenters. The number of carbonyl (C=O) groups excluding carboxylic acids is 2. The summed E-state index contributed by atoms with van der Waals surface area (Å²) in [6.45, 7) is 8.07. The highest BCUT2D eigenvalue weighted by molar-refractivity contribution is 7.92. The normalized spacial score (nSPS) is 19.7. The zero-order chi connectivity index (χ0) is 57.7. The van der Waals surface area contributed by atoms with Crippen molar-refractivity contribution in [2.75, 3.05) is 71.0 Å². The molecule has 2 amide bonds. The number of benzene rings is 3. The largest absolute Gasteiger partial charge is 0.489 e. The van der Waals surface area contributed by atoms with Gasteiger partial charge in [0.25, 0.3) is 11.8 Å². The first-order valence-electron chi connectivity index (χ1n) is 28.3. The molecule has 0 saturated carbocycles. The SMILES string of the molecule is Cc1cn2nc([C@@H]3CCCCN3C(=O)c3cc(Cl)ccc3NS(C)(=O)=O)cc2nc1N1CCC(Oc2ccc(Cc3ccc(NS(C)(=O)=O)c(C(=O)N4CCCC[C@H]4c4cc5nc(N6CCC(c7ccccn7)C6)c(C)cn5n4)c3)cc2)C1. The van der Waals surface area contributed by atoms with Crippen LogP contribution in [0, 0.1) is 13.8 Å². The Labute approximate surface area is 487 Å². The van der Waals surface area contributed by atoms with Gasteiger partial charge in [-0.05, 0) is 131 Å². The third kappa shape index (κ3) is 12.2. The highest BCUT2D eigenvalue weighted by Gasteiger charge is 2.36. The summed E-state index contributed by atoms with van der Waals surface area (Å²) in [7, 11) is -7.38.